The number of nitrogens with one attached hydrogen (secondary N) is 1. The van der Waals surface area contributed by atoms with Gasteiger partial charge in [-0.2, -0.15) is 0 Å². The first-order chi connectivity index (χ1) is 12.5. The van der Waals surface area contributed by atoms with Crippen LogP contribution < -0.4 is 5.32 Å². The molecule has 1 aliphatic rings. The van der Waals surface area contributed by atoms with E-state index in [4.69, 9.17) is 4.74 Å². The first-order valence-corrected chi connectivity index (χ1v) is 8.92. The fraction of sp³-hybridized carbons (Fsp3) is 0.526. The van der Waals surface area contributed by atoms with Crippen LogP contribution in [0.1, 0.15) is 30.6 Å². The maximum atomic E-state index is 12.2. The van der Waals surface area contributed by atoms with Crippen molar-refractivity contribution in [2.45, 2.75) is 20.3 Å². The summed E-state index contributed by atoms with van der Waals surface area (Å²) in [5.74, 6) is -0.264. The standard InChI is InChI=1S/C19H27N3O4/c1-15(23)17-4-3-5-18(14-17)20-19(25)6-7-22(16(2)24)9-8-21-10-12-26-13-11-21/h3-5,14H,6-13H2,1-2H3,(H,20,25). The zero-order valence-electron chi connectivity index (χ0n) is 15.5. The summed E-state index contributed by atoms with van der Waals surface area (Å²) in [5.41, 5.74) is 1.14. The maximum Gasteiger partial charge on any atom is 0.226 e. The average Bonchev–Trinajstić information content (AvgIpc) is 2.62. The van der Waals surface area contributed by atoms with Crippen molar-refractivity contribution in [3.8, 4) is 0 Å². The molecule has 26 heavy (non-hydrogen) atoms. The molecule has 0 spiro atoms. The lowest BCUT2D eigenvalue weighted by atomic mass is 10.1. The summed E-state index contributed by atoms with van der Waals surface area (Å²) in [7, 11) is 0. The number of carbonyl (C=O) groups excluding carboxylic acids is 3. The summed E-state index contributed by atoms with van der Waals surface area (Å²) in [6.45, 7) is 7.96. The van der Waals surface area contributed by atoms with Crippen molar-refractivity contribution in [1.82, 2.24) is 9.80 Å². The Bertz CT molecular complexity index is 641. The fourth-order valence-corrected chi connectivity index (χ4v) is 2.79. The molecule has 1 aromatic rings. The van der Waals surface area contributed by atoms with Crippen molar-refractivity contribution in [1.29, 1.82) is 0 Å². The predicted octanol–water partition coefficient (Wildman–Crippen LogP) is 1.40. The van der Waals surface area contributed by atoms with E-state index in [0.717, 1.165) is 32.8 Å². The highest BCUT2D eigenvalue weighted by atomic mass is 16.5. The molecule has 7 nitrogen and oxygen atoms in total. The van der Waals surface area contributed by atoms with E-state index in [1.807, 2.05) is 0 Å². The van der Waals surface area contributed by atoms with E-state index in [-0.39, 0.29) is 24.0 Å². The highest BCUT2D eigenvalue weighted by Gasteiger charge is 2.15. The summed E-state index contributed by atoms with van der Waals surface area (Å²) < 4.78 is 5.32. The molecule has 0 unspecified atom stereocenters. The third-order valence-corrected chi connectivity index (χ3v) is 4.40. The number of Topliss-reactive ketones (excluding diaryl/α,β-unsaturated/α-hetero) is 1. The molecule has 7 heteroatoms. The highest BCUT2D eigenvalue weighted by Crippen LogP contribution is 2.11. The van der Waals surface area contributed by atoms with Gasteiger partial charge in [0, 0.05) is 57.3 Å². The van der Waals surface area contributed by atoms with Crippen LogP contribution >= 0.6 is 0 Å². The Morgan fingerprint density at radius 1 is 1.15 bits per heavy atom. The van der Waals surface area contributed by atoms with Crippen molar-refractivity contribution in [2.75, 3.05) is 51.3 Å². The van der Waals surface area contributed by atoms with Crippen LogP contribution in [-0.4, -0.2) is 73.3 Å². The summed E-state index contributed by atoms with van der Waals surface area (Å²) in [6.07, 6.45) is 0.215. The highest BCUT2D eigenvalue weighted by molar-refractivity contribution is 5.97. The fourth-order valence-electron chi connectivity index (χ4n) is 2.79. The zero-order chi connectivity index (χ0) is 18.9. The van der Waals surface area contributed by atoms with Gasteiger partial charge in [0.15, 0.2) is 5.78 Å². The van der Waals surface area contributed by atoms with E-state index in [1.54, 1.807) is 29.2 Å². The smallest absolute Gasteiger partial charge is 0.226 e. The number of nitrogens with zero attached hydrogens (tertiary/aromatic N) is 2. The van der Waals surface area contributed by atoms with Crippen LogP contribution in [-0.2, 0) is 14.3 Å². The minimum absolute atomic E-state index is 0.0374. The summed E-state index contributed by atoms with van der Waals surface area (Å²) >= 11 is 0. The van der Waals surface area contributed by atoms with Gasteiger partial charge in [0.2, 0.25) is 11.8 Å². The van der Waals surface area contributed by atoms with Crippen LogP contribution in [0.25, 0.3) is 0 Å². The van der Waals surface area contributed by atoms with Gasteiger partial charge in [-0.05, 0) is 19.1 Å². The van der Waals surface area contributed by atoms with Gasteiger partial charge in [-0.15, -0.1) is 0 Å². The topological polar surface area (TPSA) is 79.0 Å². The van der Waals surface area contributed by atoms with Crippen molar-refractivity contribution in [3.63, 3.8) is 0 Å². The lowest BCUT2D eigenvalue weighted by Crippen LogP contribution is -2.43. The van der Waals surface area contributed by atoms with Crippen LogP contribution in [0.5, 0.6) is 0 Å². The van der Waals surface area contributed by atoms with Crippen LogP contribution in [0.3, 0.4) is 0 Å². The molecule has 0 radical (unpaired) electrons. The van der Waals surface area contributed by atoms with Gasteiger partial charge in [-0.3, -0.25) is 19.3 Å². The Morgan fingerprint density at radius 3 is 2.54 bits per heavy atom. The number of morpholine rings is 1. The van der Waals surface area contributed by atoms with Gasteiger partial charge in [-0.1, -0.05) is 12.1 Å². The van der Waals surface area contributed by atoms with E-state index >= 15 is 0 Å². The second kappa shape index (κ2) is 10.0. The third kappa shape index (κ3) is 6.57. The Labute approximate surface area is 154 Å². The van der Waals surface area contributed by atoms with Crippen molar-refractivity contribution >= 4 is 23.3 Å². The van der Waals surface area contributed by atoms with Crippen molar-refractivity contribution < 1.29 is 19.1 Å². The van der Waals surface area contributed by atoms with Gasteiger partial charge in [-0.25, -0.2) is 0 Å². The normalized spacial score (nSPS) is 14.7. The SMILES string of the molecule is CC(=O)c1cccc(NC(=O)CCN(CCN2CCOCC2)C(C)=O)c1. The van der Waals surface area contributed by atoms with E-state index in [9.17, 15) is 14.4 Å². The van der Waals surface area contributed by atoms with E-state index in [2.05, 4.69) is 10.2 Å². The molecule has 0 aromatic heterocycles. The molecule has 0 saturated carbocycles. The summed E-state index contributed by atoms with van der Waals surface area (Å²) in [6, 6.07) is 6.84. The van der Waals surface area contributed by atoms with Crippen LogP contribution in [0.2, 0.25) is 0 Å². The lowest BCUT2D eigenvalue weighted by Gasteiger charge is -2.29. The average molecular weight is 361 g/mol. The molecule has 1 saturated heterocycles. The van der Waals surface area contributed by atoms with Crippen LogP contribution in [0.4, 0.5) is 5.69 Å². The second-order valence-corrected chi connectivity index (χ2v) is 6.40. The molecule has 1 heterocycles. The molecule has 142 valence electrons. The monoisotopic (exact) mass is 361 g/mol. The van der Waals surface area contributed by atoms with Crippen LogP contribution in [0.15, 0.2) is 24.3 Å². The first-order valence-electron chi connectivity index (χ1n) is 8.92. The number of rotatable bonds is 8. The van der Waals surface area contributed by atoms with Gasteiger partial charge in [0.1, 0.15) is 0 Å². The number of hydrogen-bond donors (Lipinski definition) is 1. The van der Waals surface area contributed by atoms with E-state index in [1.165, 1.54) is 13.8 Å². The quantitative estimate of drug-likeness (QED) is 0.708. The van der Waals surface area contributed by atoms with Gasteiger partial charge >= 0.3 is 0 Å². The van der Waals surface area contributed by atoms with Gasteiger partial charge in [0.25, 0.3) is 0 Å². The molecule has 1 aliphatic heterocycles. The molecular weight excluding hydrogens is 334 g/mol. The summed E-state index contributed by atoms with van der Waals surface area (Å²) in [4.78, 5) is 39.3. The molecule has 1 N–H and O–H groups in total. The van der Waals surface area contributed by atoms with Crippen molar-refractivity contribution in [3.05, 3.63) is 29.8 Å². The largest absolute Gasteiger partial charge is 0.379 e. The summed E-state index contributed by atoms with van der Waals surface area (Å²) in [5, 5.41) is 2.78. The maximum absolute atomic E-state index is 12.2. The lowest BCUT2D eigenvalue weighted by molar-refractivity contribution is -0.129. The molecule has 1 fully saturated rings. The predicted molar refractivity (Wildman–Crippen MR) is 99.2 cm³/mol. The number of ether oxygens (including phenoxy) is 1. The molecule has 2 rings (SSSR count). The van der Waals surface area contributed by atoms with Gasteiger partial charge < -0.3 is 15.0 Å². The number of anilines is 1. The van der Waals surface area contributed by atoms with E-state index < -0.39 is 0 Å². The Hall–Kier alpha value is -2.25. The van der Waals surface area contributed by atoms with Crippen molar-refractivity contribution in [2.24, 2.45) is 0 Å². The first kappa shape index (κ1) is 20.1. The third-order valence-electron chi connectivity index (χ3n) is 4.40. The van der Waals surface area contributed by atoms with E-state index in [0.29, 0.717) is 24.3 Å². The van der Waals surface area contributed by atoms with Gasteiger partial charge in [0.05, 0.1) is 13.2 Å². The Morgan fingerprint density at radius 2 is 1.88 bits per heavy atom. The molecule has 2 amide bonds. The van der Waals surface area contributed by atoms with Crippen LogP contribution in [0, 0.1) is 0 Å². The molecular formula is C19H27N3O4. The molecule has 1 aromatic carbocycles. The molecule has 0 aliphatic carbocycles. The minimum atomic E-state index is -0.177. The second-order valence-electron chi connectivity index (χ2n) is 6.40. The number of carbonyl (C=O) groups is 3. The number of amides is 2. The Kier molecular flexibility index (Phi) is 7.74. The zero-order valence-corrected chi connectivity index (χ0v) is 15.5. The number of hydrogen-bond acceptors (Lipinski definition) is 5. The number of benzene rings is 1. The molecule has 0 atom stereocenters. The minimum Gasteiger partial charge on any atom is -0.379 e. The molecule has 0 bridgehead atoms. The number of ketones is 1. The Balaban J connectivity index is 1.80.